The molecule has 1 rings (SSSR count). The summed E-state index contributed by atoms with van der Waals surface area (Å²) in [6.07, 6.45) is 0. The molecule has 1 heteroatoms. The normalized spacial score (nSPS) is 10.6. The molecule has 0 N–H and O–H groups in total. The van der Waals surface area contributed by atoms with Crippen molar-refractivity contribution < 1.29 is 0 Å². The topological polar surface area (TPSA) is 0 Å². The van der Waals surface area contributed by atoms with Crippen LogP contribution >= 0.6 is 9.24 Å². The lowest BCUT2D eigenvalue weighted by molar-refractivity contribution is 0.857. The van der Waals surface area contributed by atoms with E-state index in [1.54, 1.807) is 0 Å². The van der Waals surface area contributed by atoms with Crippen molar-refractivity contribution >= 4 is 14.5 Å². The van der Waals surface area contributed by atoms with Crippen LogP contribution in [-0.4, -0.2) is 0 Å². The summed E-state index contributed by atoms with van der Waals surface area (Å²) in [4.78, 5) is 0. The zero-order valence-corrected chi connectivity index (χ0v) is 8.54. The van der Waals surface area contributed by atoms with E-state index in [0.29, 0.717) is 5.92 Å². The molecule has 0 aliphatic rings. The van der Waals surface area contributed by atoms with Gasteiger partial charge in [0, 0.05) is 0 Å². The van der Waals surface area contributed by atoms with Crippen molar-refractivity contribution in [1.29, 1.82) is 0 Å². The molecule has 1 aromatic carbocycles. The molecule has 0 aliphatic carbocycles. The van der Waals surface area contributed by atoms with Gasteiger partial charge in [-0.2, -0.15) is 0 Å². The highest BCUT2D eigenvalue weighted by molar-refractivity contribution is 7.27. The summed E-state index contributed by atoms with van der Waals surface area (Å²) < 4.78 is 0. The monoisotopic (exact) mass is 166 g/mol. The lowest BCUT2D eigenvalue weighted by Crippen LogP contribution is -1.97. The van der Waals surface area contributed by atoms with Crippen molar-refractivity contribution in [2.45, 2.75) is 26.7 Å². The number of aryl methyl sites for hydroxylation is 1. The van der Waals surface area contributed by atoms with Gasteiger partial charge in [0.25, 0.3) is 0 Å². The Kier molecular flexibility index (Phi) is 2.67. The number of hydrogen-bond acceptors (Lipinski definition) is 0. The minimum absolute atomic E-state index is 0.639. The maximum absolute atomic E-state index is 2.72. The Morgan fingerprint density at radius 3 is 2.36 bits per heavy atom. The molecule has 1 atom stereocenters. The molecule has 0 spiro atoms. The molecule has 1 aromatic rings. The van der Waals surface area contributed by atoms with Gasteiger partial charge in [0.15, 0.2) is 0 Å². The maximum atomic E-state index is 2.72. The van der Waals surface area contributed by atoms with E-state index < -0.39 is 0 Å². The molecule has 11 heavy (non-hydrogen) atoms. The molecule has 0 radical (unpaired) electrons. The summed E-state index contributed by atoms with van der Waals surface area (Å²) in [7, 11) is 2.72. The van der Waals surface area contributed by atoms with Crippen molar-refractivity contribution in [2.75, 3.05) is 0 Å². The number of rotatable bonds is 1. The molecule has 60 valence electrons. The first-order chi connectivity index (χ1) is 5.11. The van der Waals surface area contributed by atoms with Crippen LogP contribution in [0.1, 0.15) is 30.9 Å². The maximum Gasteiger partial charge on any atom is -0.0216 e. The quantitative estimate of drug-likeness (QED) is 0.562. The minimum Gasteiger partial charge on any atom is -0.106 e. The van der Waals surface area contributed by atoms with Crippen molar-refractivity contribution in [1.82, 2.24) is 0 Å². The van der Waals surface area contributed by atoms with Gasteiger partial charge in [0.2, 0.25) is 0 Å². The van der Waals surface area contributed by atoms with E-state index in [1.165, 1.54) is 16.4 Å². The molecule has 0 saturated carbocycles. The molecule has 0 aliphatic heterocycles. The second-order valence-electron chi connectivity index (χ2n) is 3.27. The smallest absolute Gasteiger partial charge is 0.0216 e. The Balaban J connectivity index is 3.09. The van der Waals surface area contributed by atoms with Gasteiger partial charge in [-0.3, -0.25) is 0 Å². The summed E-state index contributed by atoms with van der Waals surface area (Å²) in [6, 6.07) is 6.56. The summed E-state index contributed by atoms with van der Waals surface area (Å²) >= 11 is 0. The lowest BCUT2D eigenvalue weighted by atomic mass is 9.98. The molecule has 0 nitrogen and oxygen atoms in total. The van der Waals surface area contributed by atoms with Crippen molar-refractivity contribution in [2.24, 2.45) is 0 Å². The van der Waals surface area contributed by atoms with E-state index >= 15 is 0 Å². The highest BCUT2D eigenvalue weighted by Crippen LogP contribution is 2.17. The van der Waals surface area contributed by atoms with Crippen molar-refractivity contribution in [3.8, 4) is 0 Å². The third-order valence-electron chi connectivity index (χ3n) is 1.92. The highest BCUT2D eigenvalue weighted by atomic mass is 31.0. The fraction of sp³-hybridized carbons (Fsp3) is 0.400. The van der Waals surface area contributed by atoms with E-state index in [9.17, 15) is 0 Å². The van der Waals surface area contributed by atoms with Gasteiger partial charge in [-0.15, -0.1) is 9.24 Å². The SMILES string of the molecule is Cc1cc(P)ccc1C(C)C. The van der Waals surface area contributed by atoms with Gasteiger partial charge in [-0.05, 0) is 29.3 Å². The van der Waals surface area contributed by atoms with E-state index in [1.807, 2.05) is 0 Å². The molecule has 0 heterocycles. The van der Waals surface area contributed by atoms with Crippen LogP contribution in [0.3, 0.4) is 0 Å². The van der Waals surface area contributed by atoms with Crippen LogP contribution in [0.25, 0.3) is 0 Å². The Labute approximate surface area is 71.2 Å². The molecule has 0 amide bonds. The van der Waals surface area contributed by atoms with Gasteiger partial charge >= 0.3 is 0 Å². The van der Waals surface area contributed by atoms with Crippen molar-refractivity contribution in [3.63, 3.8) is 0 Å². The molecule has 0 aromatic heterocycles. The molecule has 0 bridgehead atoms. The number of hydrogen-bond donors (Lipinski definition) is 0. The molecular formula is C10H15P. The van der Waals surface area contributed by atoms with Crippen LogP contribution in [-0.2, 0) is 0 Å². The molecule has 0 fully saturated rings. The standard InChI is InChI=1S/C10H15P/c1-7(2)10-5-4-9(11)6-8(10)3/h4-7H,11H2,1-3H3. The van der Waals surface area contributed by atoms with E-state index in [4.69, 9.17) is 0 Å². The Hall–Kier alpha value is -0.350. The van der Waals surface area contributed by atoms with E-state index in [2.05, 4.69) is 48.2 Å². The van der Waals surface area contributed by atoms with Gasteiger partial charge < -0.3 is 0 Å². The first-order valence-electron chi connectivity index (χ1n) is 3.97. The van der Waals surface area contributed by atoms with E-state index in [-0.39, 0.29) is 0 Å². The van der Waals surface area contributed by atoms with Crippen LogP contribution in [0.5, 0.6) is 0 Å². The Morgan fingerprint density at radius 1 is 1.27 bits per heavy atom. The highest BCUT2D eigenvalue weighted by Gasteiger charge is 2.01. The van der Waals surface area contributed by atoms with Crippen LogP contribution < -0.4 is 5.30 Å². The third kappa shape index (κ3) is 2.04. The predicted molar refractivity (Wildman–Crippen MR) is 54.6 cm³/mol. The van der Waals surface area contributed by atoms with Gasteiger partial charge in [0.05, 0.1) is 0 Å². The second kappa shape index (κ2) is 3.36. The zero-order chi connectivity index (χ0) is 8.43. The lowest BCUT2D eigenvalue weighted by Gasteiger charge is -2.09. The van der Waals surface area contributed by atoms with E-state index in [0.717, 1.165) is 0 Å². The summed E-state index contributed by atoms with van der Waals surface area (Å²) in [6.45, 7) is 6.62. The van der Waals surface area contributed by atoms with Gasteiger partial charge in [-0.25, -0.2) is 0 Å². The fourth-order valence-electron chi connectivity index (χ4n) is 1.35. The Bertz CT molecular complexity index is 251. The summed E-state index contributed by atoms with van der Waals surface area (Å²) in [5.41, 5.74) is 2.85. The fourth-order valence-corrected chi connectivity index (χ4v) is 1.69. The van der Waals surface area contributed by atoms with Crippen LogP contribution in [0.15, 0.2) is 18.2 Å². The summed E-state index contributed by atoms with van der Waals surface area (Å²) in [5, 5.41) is 1.27. The number of benzene rings is 1. The average Bonchev–Trinajstić information content (AvgIpc) is 1.85. The predicted octanol–water partition coefficient (Wildman–Crippen LogP) is 2.62. The minimum atomic E-state index is 0.639. The Morgan fingerprint density at radius 2 is 1.91 bits per heavy atom. The van der Waals surface area contributed by atoms with Crippen LogP contribution in [0.4, 0.5) is 0 Å². The van der Waals surface area contributed by atoms with Crippen LogP contribution in [0, 0.1) is 6.92 Å². The third-order valence-corrected chi connectivity index (χ3v) is 2.27. The van der Waals surface area contributed by atoms with Gasteiger partial charge in [-0.1, -0.05) is 32.0 Å². The molecule has 1 unspecified atom stereocenters. The van der Waals surface area contributed by atoms with Crippen LogP contribution in [0.2, 0.25) is 0 Å². The zero-order valence-electron chi connectivity index (χ0n) is 7.39. The first-order valence-corrected chi connectivity index (χ1v) is 4.55. The van der Waals surface area contributed by atoms with Crippen molar-refractivity contribution in [3.05, 3.63) is 29.3 Å². The molecule has 0 saturated heterocycles. The second-order valence-corrected chi connectivity index (χ2v) is 3.94. The first kappa shape index (κ1) is 8.74. The largest absolute Gasteiger partial charge is 0.106 e. The molecular weight excluding hydrogens is 151 g/mol. The average molecular weight is 166 g/mol. The summed E-state index contributed by atoms with van der Waals surface area (Å²) in [5.74, 6) is 0.639. The van der Waals surface area contributed by atoms with Gasteiger partial charge in [0.1, 0.15) is 0 Å².